The van der Waals surface area contributed by atoms with Gasteiger partial charge >= 0.3 is 5.97 Å². The van der Waals surface area contributed by atoms with E-state index in [2.05, 4.69) is 86.8 Å². The molecule has 65 heavy (non-hydrogen) atoms. The number of unbranched alkanes of at least 4 members (excludes halogenated alkanes) is 28. The summed E-state index contributed by atoms with van der Waals surface area (Å²) < 4.78 is 5.94. The summed E-state index contributed by atoms with van der Waals surface area (Å²) >= 11 is 0. The smallest absolute Gasteiger partial charge is 0.306 e. The van der Waals surface area contributed by atoms with Crippen molar-refractivity contribution >= 4 is 11.9 Å². The van der Waals surface area contributed by atoms with Gasteiger partial charge in [0, 0.05) is 6.42 Å². The Labute approximate surface area is 403 Å². The molecule has 6 heteroatoms. The zero-order chi connectivity index (χ0) is 47.4. The predicted molar refractivity (Wildman–Crippen MR) is 282 cm³/mol. The third-order valence-electron chi connectivity index (χ3n) is 12.6. The first-order valence-electron chi connectivity index (χ1n) is 28.0. The monoisotopic (exact) mass is 910 g/mol. The van der Waals surface area contributed by atoms with Gasteiger partial charge in [-0.3, -0.25) is 9.59 Å². The highest BCUT2D eigenvalue weighted by molar-refractivity contribution is 5.77. The molecule has 1 amide bonds. The van der Waals surface area contributed by atoms with Gasteiger partial charge in [0.15, 0.2) is 0 Å². The number of aliphatic hydroxyl groups is 2. The number of hydrogen-bond acceptors (Lipinski definition) is 5. The van der Waals surface area contributed by atoms with Crippen LogP contribution in [0.25, 0.3) is 0 Å². The molecule has 0 bridgehead atoms. The zero-order valence-corrected chi connectivity index (χ0v) is 43.1. The first-order chi connectivity index (χ1) is 32.0. The Morgan fingerprint density at radius 1 is 0.462 bits per heavy atom. The number of rotatable bonds is 50. The van der Waals surface area contributed by atoms with Crippen molar-refractivity contribution in [3.8, 4) is 0 Å². The maximum absolute atomic E-state index is 13.2. The number of esters is 1. The molecule has 0 rings (SSSR count). The lowest BCUT2D eigenvalue weighted by Gasteiger charge is -2.24. The minimum Gasteiger partial charge on any atom is -0.462 e. The summed E-state index contributed by atoms with van der Waals surface area (Å²) in [6.07, 6.45) is 65.7. The SMILES string of the molecule is CC/C=C/C/C=C/C/C=C/CCCCCCC(CC(=O)NC(CO)C(O)CCCCCCCCCCCCCCCCC)OC(=O)CCCCCCCCC/C=C\C/C=C\CCCCC. The summed E-state index contributed by atoms with van der Waals surface area (Å²) in [4.78, 5) is 26.2. The van der Waals surface area contributed by atoms with Gasteiger partial charge in [0.2, 0.25) is 5.91 Å². The molecule has 0 aliphatic heterocycles. The maximum atomic E-state index is 13.2. The van der Waals surface area contributed by atoms with Crippen LogP contribution in [-0.4, -0.2) is 46.9 Å². The third-order valence-corrected chi connectivity index (χ3v) is 12.6. The second kappa shape index (κ2) is 52.5. The highest BCUT2D eigenvalue weighted by Crippen LogP contribution is 2.18. The van der Waals surface area contributed by atoms with Crippen LogP contribution in [0.3, 0.4) is 0 Å². The lowest BCUT2D eigenvalue weighted by atomic mass is 10.0. The van der Waals surface area contributed by atoms with E-state index in [9.17, 15) is 19.8 Å². The number of carbonyl (C=O) groups excluding carboxylic acids is 2. The average Bonchev–Trinajstić information content (AvgIpc) is 3.30. The van der Waals surface area contributed by atoms with Gasteiger partial charge in [-0.25, -0.2) is 0 Å². The van der Waals surface area contributed by atoms with Gasteiger partial charge in [0.1, 0.15) is 6.10 Å². The Morgan fingerprint density at radius 3 is 1.29 bits per heavy atom. The summed E-state index contributed by atoms with van der Waals surface area (Å²) in [6.45, 7) is 6.36. The molecule has 0 aromatic carbocycles. The predicted octanol–water partition coefficient (Wildman–Crippen LogP) is 17.2. The molecule has 0 fully saturated rings. The number of carbonyl (C=O) groups is 2. The van der Waals surface area contributed by atoms with Crippen LogP contribution >= 0.6 is 0 Å². The quantitative estimate of drug-likeness (QED) is 0.0321. The van der Waals surface area contributed by atoms with Crippen molar-refractivity contribution in [3.63, 3.8) is 0 Å². The van der Waals surface area contributed by atoms with Crippen molar-refractivity contribution in [1.29, 1.82) is 0 Å². The number of nitrogens with one attached hydrogen (secondary N) is 1. The summed E-state index contributed by atoms with van der Waals surface area (Å²) in [6, 6.07) is -0.712. The molecule has 0 spiro atoms. The van der Waals surface area contributed by atoms with Gasteiger partial charge in [-0.1, -0.05) is 236 Å². The van der Waals surface area contributed by atoms with Crippen molar-refractivity contribution in [1.82, 2.24) is 5.32 Å². The normalized spacial score (nSPS) is 13.6. The topological polar surface area (TPSA) is 95.9 Å². The molecule has 0 saturated heterocycles. The van der Waals surface area contributed by atoms with Gasteiger partial charge in [-0.2, -0.15) is 0 Å². The van der Waals surface area contributed by atoms with E-state index in [1.807, 2.05) is 0 Å². The zero-order valence-electron chi connectivity index (χ0n) is 43.1. The van der Waals surface area contributed by atoms with Crippen molar-refractivity contribution in [2.75, 3.05) is 6.61 Å². The van der Waals surface area contributed by atoms with Crippen LogP contribution < -0.4 is 5.32 Å². The molecule has 3 atom stereocenters. The molecule has 378 valence electrons. The fraction of sp³-hybridized carbons (Fsp3) is 0.797. The highest BCUT2D eigenvalue weighted by atomic mass is 16.5. The van der Waals surface area contributed by atoms with Crippen molar-refractivity contribution < 1.29 is 24.5 Å². The van der Waals surface area contributed by atoms with Crippen molar-refractivity contribution in [3.05, 3.63) is 60.8 Å². The lowest BCUT2D eigenvalue weighted by molar-refractivity contribution is -0.151. The summed E-state index contributed by atoms with van der Waals surface area (Å²) in [5, 5.41) is 23.9. The number of aliphatic hydroxyl groups excluding tert-OH is 2. The lowest BCUT2D eigenvalue weighted by Crippen LogP contribution is -2.46. The molecule has 6 nitrogen and oxygen atoms in total. The number of allylic oxidation sites excluding steroid dienone is 10. The Hall–Kier alpha value is -2.44. The number of hydrogen-bond donors (Lipinski definition) is 3. The molecule has 0 saturated carbocycles. The van der Waals surface area contributed by atoms with E-state index in [1.165, 1.54) is 128 Å². The fourth-order valence-electron chi connectivity index (χ4n) is 8.36. The maximum Gasteiger partial charge on any atom is 0.306 e. The molecule has 3 unspecified atom stereocenters. The number of ether oxygens (including phenoxy) is 1. The molecule has 0 heterocycles. The van der Waals surface area contributed by atoms with Gasteiger partial charge in [0.05, 0.1) is 25.2 Å². The minimum atomic E-state index is -0.797. The third kappa shape index (κ3) is 47.8. The largest absolute Gasteiger partial charge is 0.462 e. The Kier molecular flexibility index (Phi) is 50.6. The van der Waals surface area contributed by atoms with Crippen LogP contribution in [0.5, 0.6) is 0 Å². The van der Waals surface area contributed by atoms with Crippen molar-refractivity contribution in [2.45, 2.75) is 296 Å². The average molecular weight is 911 g/mol. The van der Waals surface area contributed by atoms with Crippen LogP contribution in [0.15, 0.2) is 60.8 Å². The second-order valence-electron chi connectivity index (χ2n) is 19.0. The number of amides is 1. The minimum absolute atomic E-state index is 0.0589. The van der Waals surface area contributed by atoms with E-state index in [0.717, 1.165) is 103 Å². The van der Waals surface area contributed by atoms with Crippen LogP contribution in [0.1, 0.15) is 278 Å². The van der Waals surface area contributed by atoms with Crippen LogP contribution in [-0.2, 0) is 14.3 Å². The highest BCUT2D eigenvalue weighted by Gasteiger charge is 2.24. The van der Waals surface area contributed by atoms with E-state index >= 15 is 0 Å². The van der Waals surface area contributed by atoms with E-state index < -0.39 is 18.2 Å². The Balaban J connectivity index is 4.58. The van der Waals surface area contributed by atoms with E-state index in [0.29, 0.717) is 19.3 Å². The first kappa shape index (κ1) is 62.6. The Morgan fingerprint density at radius 2 is 0.831 bits per heavy atom. The molecular weight excluding hydrogens is 803 g/mol. The van der Waals surface area contributed by atoms with Gasteiger partial charge < -0.3 is 20.3 Å². The van der Waals surface area contributed by atoms with E-state index in [4.69, 9.17) is 4.74 Å². The van der Waals surface area contributed by atoms with Crippen LogP contribution in [0, 0.1) is 0 Å². The summed E-state index contributed by atoms with van der Waals surface area (Å²) in [5.41, 5.74) is 0. The van der Waals surface area contributed by atoms with E-state index in [1.54, 1.807) is 0 Å². The van der Waals surface area contributed by atoms with Gasteiger partial charge in [-0.05, 0) is 89.9 Å². The molecule has 0 aliphatic carbocycles. The van der Waals surface area contributed by atoms with Gasteiger partial charge in [-0.15, -0.1) is 0 Å². The molecule has 3 N–H and O–H groups in total. The summed E-state index contributed by atoms with van der Waals surface area (Å²) in [5.74, 6) is -0.499. The summed E-state index contributed by atoms with van der Waals surface area (Å²) in [7, 11) is 0. The molecule has 0 aromatic heterocycles. The molecule has 0 aromatic rings. The van der Waals surface area contributed by atoms with E-state index in [-0.39, 0.29) is 24.9 Å². The van der Waals surface area contributed by atoms with Crippen LogP contribution in [0.2, 0.25) is 0 Å². The first-order valence-corrected chi connectivity index (χ1v) is 28.0. The molecular formula is C59H107NO5. The van der Waals surface area contributed by atoms with Gasteiger partial charge in [0.25, 0.3) is 0 Å². The molecule has 0 aliphatic rings. The standard InChI is InChI=1S/C59H107NO5/c1-4-7-10-13-16-19-22-25-28-29-31-34-37-40-43-46-49-52-59(64)65-55(50-47-44-41-38-35-32-27-24-21-18-15-12-9-6-3)53-58(63)60-56(54-61)57(62)51-48-45-42-39-36-33-30-26-23-20-17-14-11-8-5-2/h9,12,16,18-19,21,25,27-28,32,55-57,61-62H,4-8,10-11,13-15,17,20,22-24,26,29-31,33-54H2,1-3H3,(H,60,63)/b12-9+,19-16-,21-18+,28-25-,32-27+. The van der Waals surface area contributed by atoms with Crippen molar-refractivity contribution in [2.24, 2.45) is 0 Å². The fourth-order valence-corrected chi connectivity index (χ4v) is 8.36. The second-order valence-corrected chi connectivity index (χ2v) is 19.0. The van der Waals surface area contributed by atoms with Crippen LogP contribution in [0.4, 0.5) is 0 Å². The Bertz CT molecular complexity index is 1160. The molecule has 0 radical (unpaired) electrons.